The number of benzene rings is 1. The standard InChI is InChI=1S/C21H25ClF3NO9/c1-20(2,3)14-10-16-12(9-15(14)22)8-13(17(35-16)21(23,24)25)18(27)32-11-33-19(28)31-6-4-5-7-34-26(29)30/h8-10,17,29-30H,4-7,11H2,1-3H3/t17-/m0/s1. The highest BCUT2D eigenvalue weighted by atomic mass is 35.5. The molecular weight excluding hydrogens is 503 g/mol. The zero-order valence-corrected chi connectivity index (χ0v) is 19.8. The molecule has 1 aromatic rings. The Balaban J connectivity index is 2.00. The van der Waals surface area contributed by atoms with E-state index in [-0.39, 0.29) is 36.0 Å². The van der Waals surface area contributed by atoms with Crippen LogP contribution < -0.4 is 4.74 Å². The first kappa shape index (κ1) is 28.7. The van der Waals surface area contributed by atoms with Crippen LogP contribution in [0.4, 0.5) is 18.0 Å². The van der Waals surface area contributed by atoms with E-state index in [2.05, 4.69) is 19.0 Å². The van der Waals surface area contributed by atoms with Crippen LogP contribution in [-0.4, -0.2) is 60.2 Å². The predicted molar refractivity (Wildman–Crippen MR) is 113 cm³/mol. The summed E-state index contributed by atoms with van der Waals surface area (Å²) in [5.74, 6) is -1.49. The van der Waals surface area contributed by atoms with E-state index in [0.29, 0.717) is 12.0 Å². The van der Waals surface area contributed by atoms with Gasteiger partial charge in [-0.1, -0.05) is 32.4 Å². The zero-order chi connectivity index (χ0) is 26.4. The van der Waals surface area contributed by atoms with Crippen LogP contribution in [-0.2, 0) is 29.3 Å². The molecule has 1 aliphatic heterocycles. The van der Waals surface area contributed by atoms with Crippen LogP contribution in [0.15, 0.2) is 17.7 Å². The van der Waals surface area contributed by atoms with Crippen molar-refractivity contribution in [3.8, 4) is 5.75 Å². The van der Waals surface area contributed by atoms with Crippen molar-refractivity contribution in [3.05, 3.63) is 33.9 Å². The summed E-state index contributed by atoms with van der Waals surface area (Å²) in [4.78, 5) is 28.1. The maximum Gasteiger partial charge on any atom is 0.511 e. The average molecular weight is 528 g/mol. The van der Waals surface area contributed by atoms with Crippen LogP contribution in [0.1, 0.15) is 44.7 Å². The number of nitrogens with zero attached hydrogens (tertiary/aromatic N) is 1. The fourth-order valence-corrected chi connectivity index (χ4v) is 3.42. The second-order valence-electron chi connectivity index (χ2n) is 8.34. The minimum Gasteiger partial charge on any atom is -0.475 e. The van der Waals surface area contributed by atoms with Crippen molar-refractivity contribution in [2.75, 3.05) is 20.0 Å². The van der Waals surface area contributed by atoms with Gasteiger partial charge in [0.05, 0.1) is 24.2 Å². The Hall–Kier alpha value is -2.58. The summed E-state index contributed by atoms with van der Waals surface area (Å²) in [6, 6.07) is 2.80. The van der Waals surface area contributed by atoms with E-state index in [9.17, 15) is 22.8 Å². The lowest BCUT2D eigenvalue weighted by Gasteiger charge is -2.30. The third kappa shape index (κ3) is 8.54. The Bertz CT molecular complexity index is 945. The predicted octanol–water partition coefficient (Wildman–Crippen LogP) is 4.79. The molecule has 2 N–H and O–H groups in total. The first-order chi connectivity index (χ1) is 16.2. The summed E-state index contributed by atoms with van der Waals surface area (Å²) in [7, 11) is 0. The van der Waals surface area contributed by atoms with Crippen molar-refractivity contribution in [1.29, 1.82) is 0 Å². The van der Waals surface area contributed by atoms with Gasteiger partial charge >= 0.3 is 18.3 Å². The smallest absolute Gasteiger partial charge is 0.475 e. The molecular formula is C21H25ClF3NO9. The Morgan fingerprint density at radius 2 is 1.74 bits per heavy atom. The molecule has 2 rings (SSSR count). The van der Waals surface area contributed by atoms with Gasteiger partial charge in [0.25, 0.3) is 0 Å². The monoisotopic (exact) mass is 527 g/mol. The van der Waals surface area contributed by atoms with E-state index >= 15 is 0 Å². The fraction of sp³-hybridized carbons (Fsp3) is 0.524. The van der Waals surface area contributed by atoms with Crippen molar-refractivity contribution in [3.63, 3.8) is 0 Å². The van der Waals surface area contributed by atoms with Gasteiger partial charge in [0.1, 0.15) is 5.75 Å². The summed E-state index contributed by atoms with van der Waals surface area (Å²) in [5, 5.41) is 16.5. The molecule has 0 fully saturated rings. The normalized spacial score (nSPS) is 15.7. The summed E-state index contributed by atoms with van der Waals surface area (Å²) < 4.78 is 59.9. The summed E-state index contributed by atoms with van der Waals surface area (Å²) >= 11 is 6.28. The molecule has 1 aromatic carbocycles. The topological polar surface area (TPSA) is 124 Å². The van der Waals surface area contributed by atoms with E-state index < -0.39 is 47.6 Å². The van der Waals surface area contributed by atoms with E-state index in [1.165, 1.54) is 12.1 Å². The number of ether oxygens (including phenoxy) is 4. The number of hydrogen-bond donors (Lipinski definition) is 2. The van der Waals surface area contributed by atoms with Gasteiger partial charge in [0.2, 0.25) is 12.9 Å². The molecule has 0 aromatic heterocycles. The third-order valence-corrected chi connectivity index (χ3v) is 4.92. The van der Waals surface area contributed by atoms with Gasteiger partial charge in [-0.15, -0.1) is 0 Å². The minimum absolute atomic E-state index is 0.0631. The average Bonchev–Trinajstić information content (AvgIpc) is 2.73. The molecule has 0 aliphatic carbocycles. The Labute approximate surface area is 203 Å². The summed E-state index contributed by atoms with van der Waals surface area (Å²) in [5.41, 5.74) is -0.582. The van der Waals surface area contributed by atoms with Crippen LogP contribution in [0.25, 0.3) is 6.08 Å². The molecule has 0 saturated heterocycles. The second-order valence-corrected chi connectivity index (χ2v) is 8.75. The lowest BCUT2D eigenvalue weighted by Crippen LogP contribution is -2.41. The van der Waals surface area contributed by atoms with Crippen molar-refractivity contribution in [2.45, 2.75) is 51.3 Å². The molecule has 0 bridgehead atoms. The van der Waals surface area contributed by atoms with Crippen molar-refractivity contribution >= 4 is 29.8 Å². The molecule has 0 unspecified atom stereocenters. The first-order valence-electron chi connectivity index (χ1n) is 10.3. The largest absolute Gasteiger partial charge is 0.511 e. The van der Waals surface area contributed by atoms with Crippen LogP contribution >= 0.6 is 11.6 Å². The molecule has 0 radical (unpaired) electrons. The first-order valence-corrected chi connectivity index (χ1v) is 10.6. The molecule has 1 atom stereocenters. The third-order valence-electron chi connectivity index (χ3n) is 4.61. The number of halogens is 4. The van der Waals surface area contributed by atoms with E-state index in [1.807, 2.05) is 20.8 Å². The zero-order valence-electron chi connectivity index (χ0n) is 19.1. The number of rotatable bonds is 9. The van der Waals surface area contributed by atoms with Gasteiger partial charge in [-0.05, 0) is 42.0 Å². The molecule has 35 heavy (non-hydrogen) atoms. The van der Waals surface area contributed by atoms with Crippen LogP contribution in [0.5, 0.6) is 5.75 Å². The van der Waals surface area contributed by atoms with Gasteiger partial charge in [0, 0.05) is 10.6 Å². The van der Waals surface area contributed by atoms with E-state index in [0.717, 1.165) is 6.08 Å². The number of unbranched alkanes of at least 4 members (excludes halogenated alkanes) is 1. The number of carbonyl (C=O) groups excluding carboxylic acids is 2. The number of fused-ring (bicyclic) bond motifs is 1. The van der Waals surface area contributed by atoms with Gasteiger partial charge in [-0.2, -0.15) is 13.2 Å². The van der Waals surface area contributed by atoms with Gasteiger partial charge in [0.15, 0.2) is 0 Å². The number of alkyl halides is 3. The molecule has 0 amide bonds. The quantitative estimate of drug-likeness (QED) is 0.200. The Morgan fingerprint density at radius 1 is 1.09 bits per heavy atom. The molecule has 196 valence electrons. The maximum atomic E-state index is 13.6. The number of carbonyl (C=O) groups is 2. The highest BCUT2D eigenvalue weighted by Crippen LogP contribution is 2.42. The molecule has 0 saturated carbocycles. The van der Waals surface area contributed by atoms with Crippen LogP contribution in [0, 0.1) is 0 Å². The Morgan fingerprint density at radius 3 is 2.34 bits per heavy atom. The van der Waals surface area contributed by atoms with E-state index in [4.69, 9.17) is 26.8 Å². The minimum atomic E-state index is -4.93. The van der Waals surface area contributed by atoms with Gasteiger partial charge in [-0.25, -0.2) is 9.59 Å². The van der Waals surface area contributed by atoms with Gasteiger partial charge < -0.3 is 18.9 Å². The Kier molecular flexibility index (Phi) is 9.75. The molecule has 14 heteroatoms. The lowest BCUT2D eigenvalue weighted by atomic mass is 9.85. The lowest BCUT2D eigenvalue weighted by molar-refractivity contribution is -0.492. The molecule has 0 spiro atoms. The fourth-order valence-electron chi connectivity index (χ4n) is 2.96. The van der Waals surface area contributed by atoms with Crippen molar-refractivity contribution < 1.29 is 57.0 Å². The van der Waals surface area contributed by atoms with E-state index in [1.54, 1.807) is 0 Å². The molecule has 10 nitrogen and oxygen atoms in total. The number of hydrogen-bond acceptors (Lipinski definition) is 10. The molecule has 1 heterocycles. The van der Waals surface area contributed by atoms with Crippen LogP contribution in [0.3, 0.4) is 0 Å². The van der Waals surface area contributed by atoms with Gasteiger partial charge in [-0.3, -0.25) is 15.3 Å². The van der Waals surface area contributed by atoms with Crippen LogP contribution in [0.2, 0.25) is 5.02 Å². The van der Waals surface area contributed by atoms with Crippen molar-refractivity contribution in [1.82, 2.24) is 5.39 Å². The number of esters is 1. The summed E-state index contributed by atoms with van der Waals surface area (Å²) in [6.45, 7) is 4.32. The molecule has 1 aliphatic rings. The summed E-state index contributed by atoms with van der Waals surface area (Å²) in [6.07, 6.45) is -7.21. The highest BCUT2D eigenvalue weighted by Gasteiger charge is 2.49. The SMILES string of the molecule is CC(C)(C)c1cc2c(cc1Cl)C=C(C(=O)OCOC(=O)OCCCCON(O)O)[C@@H](C(F)(F)F)O2. The van der Waals surface area contributed by atoms with Crippen molar-refractivity contribution in [2.24, 2.45) is 0 Å². The maximum absolute atomic E-state index is 13.6. The second kappa shape index (κ2) is 11.9. The highest BCUT2D eigenvalue weighted by molar-refractivity contribution is 6.31.